The Kier molecular flexibility index (Phi) is 40.6. The van der Waals surface area contributed by atoms with Gasteiger partial charge in [0.25, 0.3) is 0 Å². The van der Waals surface area contributed by atoms with Crippen LogP contribution in [0, 0.1) is 0 Å². The van der Waals surface area contributed by atoms with E-state index < -0.39 is 18.2 Å². The summed E-state index contributed by atoms with van der Waals surface area (Å²) in [7, 11) is 0. The van der Waals surface area contributed by atoms with Gasteiger partial charge in [0.1, 0.15) is 6.10 Å². The molecule has 0 spiro atoms. The number of hydrogen-bond acceptors (Lipinski definition) is 4. The molecule has 51 heavy (non-hydrogen) atoms. The van der Waals surface area contributed by atoms with Crippen LogP contribution in [-0.4, -0.2) is 46.1 Å². The number of allylic oxidation sites excluding steroid dienone is 4. The molecule has 0 heterocycles. The number of carbonyl (C=O) groups excluding carboxylic acids is 1. The molecule has 3 unspecified atom stereocenters. The van der Waals surface area contributed by atoms with E-state index in [4.69, 9.17) is 0 Å². The second kappa shape index (κ2) is 41.6. The first-order chi connectivity index (χ1) is 25.1. The zero-order valence-electron chi connectivity index (χ0n) is 34.2. The van der Waals surface area contributed by atoms with Gasteiger partial charge >= 0.3 is 0 Å². The molecule has 0 saturated heterocycles. The number of nitrogens with one attached hydrogen (secondary N) is 1. The molecule has 0 aromatic rings. The molecular formula is C46H89NO4. The Morgan fingerprint density at radius 1 is 0.490 bits per heavy atom. The van der Waals surface area contributed by atoms with Crippen molar-refractivity contribution in [3.63, 3.8) is 0 Å². The van der Waals surface area contributed by atoms with Crippen LogP contribution < -0.4 is 5.32 Å². The molecule has 0 fully saturated rings. The van der Waals surface area contributed by atoms with Crippen LogP contribution in [-0.2, 0) is 4.79 Å². The van der Waals surface area contributed by atoms with Crippen LogP contribution in [0.15, 0.2) is 24.3 Å². The summed E-state index contributed by atoms with van der Waals surface area (Å²) in [5.41, 5.74) is 0. The Labute approximate surface area is 318 Å². The minimum absolute atomic E-state index is 0.147. The van der Waals surface area contributed by atoms with Crippen molar-refractivity contribution in [2.24, 2.45) is 0 Å². The summed E-state index contributed by atoms with van der Waals surface area (Å²) < 4.78 is 0. The van der Waals surface area contributed by atoms with Crippen molar-refractivity contribution in [2.45, 2.75) is 257 Å². The van der Waals surface area contributed by atoms with Gasteiger partial charge in [0.15, 0.2) is 0 Å². The third kappa shape index (κ3) is 37.0. The quantitative estimate of drug-likeness (QED) is 0.0374. The summed E-state index contributed by atoms with van der Waals surface area (Å²) >= 11 is 0. The largest absolute Gasteiger partial charge is 0.394 e. The van der Waals surface area contributed by atoms with Crippen LogP contribution >= 0.6 is 0 Å². The molecule has 0 aliphatic heterocycles. The molecule has 0 radical (unpaired) electrons. The van der Waals surface area contributed by atoms with E-state index in [0.717, 1.165) is 44.9 Å². The third-order valence-corrected chi connectivity index (χ3v) is 10.6. The Morgan fingerprint density at radius 2 is 0.843 bits per heavy atom. The van der Waals surface area contributed by atoms with Gasteiger partial charge in [0.05, 0.1) is 18.8 Å². The lowest BCUT2D eigenvalue weighted by Crippen LogP contribution is -2.50. The van der Waals surface area contributed by atoms with Crippen molar-refractivity contribution >= 4 is 5.91 Å². The van der Waals surface area contributed by atoms with Gasteiger partial charge in [-0.25, -0.2) is 0 Å². The average Bonchev–Trinajstić information content (AvgIpc) is 3.13. The summed E-state index contributed by atoms with van der Waals surface area (Å²) in [5, 5.41) is 33.4. The van der Waals surface area contributed by atoms with Gasteiger partial charge in [-0.2, -0.15) is 0 Å². The Hall–Kier alpha value is -1.17. The van der Waals surface area contributed by atoms with E-state index in [1.54, 1.807) is 0 Å². The van der Waals surface area contributed by atoms with Crippen LogP contribution in [0.25, 0.3) is 0 Å². The summed E-state index contributed by atoms with van der Waals surface area (Å²) in [6.45, 7) is 4.16. The molecule has 0 rings (SSSR count). The highest BCUT2D eigenvalue weighted by atomic mass is 16.3. The normalized spacial score (nSPS) is 13.7. The van der Waals surface area contributed by atoms with Crippen molar-refractivity contribution in [2.75, 3.05) is 6.61 Å². The van der Waals surface area contributed by atoms with E-state index in [2.05, 4.69) is 43.5 Å². The van der Waals surface area contributed by atoms with Crippen LogP contribution in [0.4, 0.5) is 0 Å². The highest BCUT2D eigenvalue weighted by Gasteiger charge is 2.26. The van der Waals surface area contributed by atoms with Crippen LogP contribution in [0.2, 0.25) is 0 Å². The van der Waals surface area contributed by atoms with Crippen LogP contribution in [0.3, 0.4) is 0 Å². The molecule has 5 heteroatoms. The van der Waals surface area contributed by atoms with Crippen molar-refractivity contribution in [3.05, 3.63) is 24.3 Å². The molecule has 302 valence electrons. The number of rotatable bonds is 41. The molecule has 3 atom stereocenters. The lowest BCUT2D eigenvalue weighted by molar-refractivity contribution is -0.124. The molecule has 0 saturated carbocycles. The molecule has 1 amide bonds. The predicted octanol–water partition coefficient (Wildman–Crippen LogP) is 13.0. The fourth-order valence-electron chi connectivity index (χ4n) is 7.02. The van der Waals surface area contributed by atoms with Gasteiger partial charge in [-0.05, 0) is 44.9 Å². The second-order valence-corrected chi connectivity index (χ2v) is 15.6. The number of aliphatic hydroxyl groups excluding tert-OH is 3. The molecule has 0 bridgehead atoms. The molecular weight excluding hydrogens is 631 g/mol. The van der Waals surface area contributed by atoms with Crippen LogP contribution in [0.1, 0.15) is 239 Å². The second-order valence-electron chi connectivity index (χ2n) is 15.6. The number of carbonyl (C=O) groups is 1. The number of hydrogen-bond donors (Lipinski definition) is 4. The molecule has 0 aliphatic carbocycles. The third-order valence-electron chi connectivity index (χ3n) is 10.6. The SMILES string of the molecule is CCCCCCCCCCC/C=C\C/C=C\CCCCCCCCCCCCCC(=O)NC(CO)C(O)C(O)CCCCCCCCCCCC. The average molecular weight is 720 g/mol. The van der Waals surface area contributed by atoms with E-state index in [9.17, 15) is 20.1 Å². The fourth-order valence-corrected chi connectivity index (χ4v) is 7.02. The van der Waals surface area contributed by atoms with Crippen molar-refractivity contribution in [1.29, 1.82) is 0 Å². The van der Waals surface area contributed by atoms with Gasteiger partial charge in [0.2, 0.25) is 5.91 Å². The van der Waals surface area contributed by atoms with Gasteiger partial charge in [-0.3, -0.25) is 4.79 Å². The van der Waals surface area contributed by atoms with Gasteiger partial charge in [0, 0.05) is 6.42 Å². The Morgan fingerprint density at radius 3 is 1.24 bits per heavy atom. The highest BCUT2D eigenvalue weighted by Crippen LogP contribution is 2.16. The smallest absolute Gasteiger partial charge is 0.220 e. The maximum Gasteiger partial charge on any atom is 0.220 e. The monoisotopic (exact) mass is 720 g/mol. The zero-order chi connectivity index (χ0) is 37.3. The summed E-state index contributed by atoms with van der Waals surface area (Å²) in [5.74, 6) is -0.147. The molecule has 4 N–H and O–H groups in total. The van der Waals surface area contributed by atoms with E-state index >= 15 is 0 Å². The Balaban J connectivity index is 3.55. The summed E-state index contributed by atoms with van der Waals surface area (Å²) in [4.78, 5) is 12.4. The van der Waals surface area contributed by atoms with Gasteiger partial charge in [-0.1, -0.05) is 212 Å². The molecule has 0 aromatic heterocycles. The summed E-state index contributed by atoms with van der Waals surface area (Å²) in [6, 6.07) is -0.807. The lowest BCUT2D eigenvalue weighted by Gasteiger charge is -2.26. The topological polar surface area (TPSA) is 89.8 Å². The maximum atomic E-state index is 12.4. The first-order valence-corrected chi connectivity index (χ1v) is 22.6. The summed E-state index contributed by atoms with van der Waals surface area (Å²) in [6.07, 6.45) is 50.1. The van der Waals surface area contributed by atoms with E-state index in [-0.39, 0.29) is 12.5 Å². The Bertz CT molecular complexity index is 754. The maximum absolute atomic E-state index is 12.4. The van der Waals surface area contributed by atoms with Crippen LogP contribution in [0.5, 0.6) is 0 Å². The molecule has 5 nitrogen and oxygen atoms in total. The lowest BCUT2D eigenvalue weighted by atomic mass is 9.99. The molecule has 0 aliphatic rings. The minimum Gasteiger partial charge on any atom is -0.394 e. The minimum atomic E-state index is -1.13. The number of unbranched alkanes of at least 4 members (excludes halogenated alkanes) is 29. The standard InChI is InChI=1S/C46H89NO4/c1-3-5-7-9-11-13-15-16-17-18-19-20-21-22-23-24-25-26-27-28-29-30-31-33-35-37-39-41-45(50)47-43(42-48)46(51)44(49)40-38-36-34-32-14-12-10-8-6-4-2/h19-20,22-23,43-44,46,48-49,51H,3-18,21,24-42H2,1-2H3,(H,47,50)/b20-19-,23-22-. The van der Waals surface area contributed by atoms with E-state index in [1.165, 1.54) is 167 Å². The number of aliphatic hydroxyl groups is 3. The van der Waals surface area contributed by atoms with Gasteiger partial charge < -0.3 is 20.6 Å². The first-order valence-electron chi connectivity index (χ1n) is 22.6. The molecule has 0 aromatic carbocycles. The predicted molar refractivity (Wildman–Crippen MR) is 222 cm³/mol. The fraction of sp³-hybridized carbons (Fsp3) is 0.891. The van der Waals surface area contributed by atoms with Crippen molar-refractivity contribution in [3.8, 4) is 0 Å². The van der Waals surface area contributed by atoms with Gasteiger partial charge in [-0.15, -0.1) is 0 Å². The van der Waals surface area contributed by atoms with E-state index in [1.807, 2.05) is 0 Å². The van der Waals surface area contributed by atoms with E-state index in [0.29, 0.717) is 12.8 Å². The first kappa shape index (κ1) is 49.8. The highest BCUT2D eigenvalue weighted by molar-refractivity contribution is 5.76. The zero-order valence-corrected chi connectivity index (χ0v) is 34.2. The number of amides is 1. The van der Waals surface area contributed by atoms with Crippen molar-refractivity contribution in [1.82, 2.24) is 5.32 Å². The van der Waals surface area contributed by atoms with Crippen molar-refractivity contribution < 1.29 is 20.1 Å².